The van der Waals surface area contributed by atoms with Crippen LogP contribution >= 0.6 is 11.3 Å². The molecular formula is C14H21NO2S. The lowest BCUT2D eigenvalue weighted by Crippen LogP contribution is -2.24. The molecule has 2 unspecified atom stereocenters. The van der Waals surface area contributed by atoms with E-state index in [9.17, 15) is 5.11 Å². The highest BCUT2D eigenvalue weighted by Gasteiger charge is 2.38. The van der Waals surface area contributed by atoms with Crippen molar-refractivity contribution in [2.24, 2.45) is 11.3 Å². The number of ether oxygens (including phenoxy) is 1. The maximum absolute atomic E-state index is 10.2. The Balaban J connectivity index is 1.91. The van der Waals surface area contributed by atoms with Crippen LogP contribution in [0.1, 0.15) is 60.9 Å². The summed E-state index contributed by atoms with van der Waals surface area (Å²) in [5.74, 6) is 0.646. The van der Waals surface area contributed by atoms with E-state index < -0.39 is 0 Å². The molecule has 1 N–H and O–H groups in total. The molecule has 100 valence electrons. The Hall–Kier alpha value is -0.450. The molecule has 2 atom stereocenters. The average molecular weight is 267 g/mol. The van der Waals surface area contributed by atoms with Gasteiger partial charge in [0.15, 0.2) is 0 Å². The number of thiazole rings is 1. The first-order chi connectivity index (χ1) is 8.50. The Labute approximate surface area is 112 Å². The third kappa shape index (κ3) is 2.22. The highest BCUT2D eigenvalue weighted by atomic mass is 32.1. The first-order valence-corrected chi connectivity index (χ1v) is 7.52. The number of aromatic nitrogens is 1. The number of aliphatic hydroxyl groups is 1. The Morgan fingerprint density at radius 1 is 1.44 bits per heavy atom. The number of hydrogen-bond donors (Lipinski definition) is 1. The molecule has 1 aromatic rings. The minimum absolute atomic E-state index is 0.149. The van der Waals surface area contributed by atoms with Gasteiger partial charge >= 0.3 is 0 Å². The summed E-state index contributed by atoms with van der Waals surface area (Å²) in [4.78, 5) is 5.84. The molecule has 0 radical (unpaired) electrons. The van der Waals surface area contributed by atoms with Crippen LogP contribution < -0.4 is 0 Å². The van der Waals surface area contributed by atoms with Crippen molar-refractivity contribution in [2.75, 3.05) is 7.11 Å². The van der Waals surface area contributed by atoms with Crippen LogP contribution in [0.5, 0.6) is 0 Å². The standard InChI is InChI=1S/C14H21NO2S/c1-14(2)6-9-12(10(16)7-14)18-13(15-9)11(17-3)8-4-5-8/h8,10-11,16H,4-7H2,1-3H3. The molecule has 0 aliphatic heterocycles. The third-order valence-corrected chi connectivity index (χ3v) is 5.25. The van der Waals surface area contributed by atoms with Crippen molar-refractivity contribution in [2.45, 2.75) is 51.7 Å². The molecule has 3 rings (SSSR count). The molecule has 0 saturated heterocycles. The van der Waals surface area contributed by atoms with E-state index in [-0.39, 0.29) is 17.6 Å². The lowest BCUT2D eigenvalue weighted by molar-refractivity contribution is 0.0838. The van der Waals surface area contributed by atoms with Crippen LogP contribution in [-0.2, 0) is 11.2 Å². The molecule has 2 aliphatic rings. The fourth-order valence-electron chi connectivity index (χ4n) is 2.93. The Kier molecular flexibility index (Phi) is 3.00. The molecule has 18 heavy (non-hydrogen) atoms. The highest BCUT2D eigenvalue weighted by Crippen LogP contribution is 2.48. The fourth-order valence-corrected chi connectivity index (χ4v) is 4.17. The van der Waals surface area contributed by atoms with Crippen molar-refractivity contribution in [3.05, 3.63) is 15.6 Å². The van der Waals surface area contributed by atoms with E-state index in [2.05, 4.69) is 13.8 Å². The maximum atomic E-state index is 10.2. The van der Waals surface area contributed by atoms with E-state index in [4.69, 9.17) is 9.72 Å². The van der Waals surface area contributed by atoms with Gasteiger partial charge in [0.25, 0.3) is 0 Å². The van der Waals surface area contributed by atoms with Crippen LogP contribution in [0.2, 0.25) is 0 Å². The van der Waals surface area contributed by atoms with Crippen LogP contribution in [0.15, 0.2) is 0 Å². The predicted octanol–water partition coefficient (Wildman–Crippen LogP) is 3.25. The molecule has 1 saturated carbocycles. The topological polar surface area (TPSA) is 42.4 Å². The van der Waals surface area contributed by atoms with Gasteiger partial charge in [-0.15, -0.1) is 11.3 Å². The Morgan fingerprint density at radius 3 is 2.78 bits per heavy atom. The van der Waals surface area contributed by atoms with Crippen LogP contribution in [0.25, 0.3) is 0 Å². The van der Waals surface area contributed by atoms with Crippen LogP contribution in [0.4, 0.5) is 0 Å². The summed E-state index contributed by atoms with van der Waals surface area (Å²) in [5, 5.41) is 11.3. The summed E-state index contributed by atoms with van der Waals surface area (Å²) in [6.07, 6.45) is 4.11. The number of rotatable bonds is 3. The van der Waals surface area contributed by atoms with Crippen LogP contribution in [0, 0.1) is 11.3 Å². The zero-order valence-electron chi connectivity index (χ0n) is 11.3. The minimum Gasteiger partial charge on any atom is -0.387 e. The quantitative estimate of drug-likeness (QED) is 0.914. The maximum Gasteiger partial charge on any atom is 0.122 e. The van der Waals surface area contributed by atoms with Gasteiger partial charge < -0.3 is 9.84 Å². The molecule has 0 aromatic carbocycles. The average Bonchev–Trinajstić information content (AvgIpc) is 2.99. The second-order valence-electron chi connectivity index (χ2n) is 6.42. The number of hydrogen-bond acceptors (Lipinski definition) is 4. The van der Waals surface area contributed by atoms with E-state index in [1.165, 1.54) is 12.8 Å². The van der Waals surface area contributed by atoms with Gasteiger partial charge in [0.1, 0.15) is 11.1 Å². The van der Waals surface area contributed by atoms with Crippen LogP contribution in [0.3, 0.4) is 0 Å². The van der Waals surface area contributed by atoms with Gasteiger partial charge in [-0.1, -0.05) is 13.8 Å². The SMILES string of the molecule is COC(c1nc2c(s1)C(O)CC(C)(C)C2)C1CC1. The molecule has 3 nitrogen and oxygen atoms in total. The molecule has 2 aliphatic carbocycles. The summed E-state index contributed by atoms with van der Waals surface area (Å²) >= 11 is 1.66. The van der Waals surface area contributed by atoms with E-state index in [1.54, 1.807) is 18.4 Å². The number of aliphatic hydroxyl groups excluding tert-OH is 1. The summed E-state index contributed by atoms with van der Waals surface area (Å²) < 4.78 is 5.59. The third-order valence-electron chi connectivity index (χ3n) is 3.99. The first kappa shape index (κ1) is 12.6. The lowest BCUT2D eigenvalue weighted by atomic mass is 9.77. The van der Waals surface area contributed by atoms with Crippen molar-refractivity contribution in [1.29, 1.82) is 0 Å². The normalized spacial score (nSPS) is 27.9. The minimum atomic E-state index is -0.341. The zero-order chi connectivity index (χ0) is 12.9. The number of fused-ring (bicyclic) bond motifs is 1. The van der Waals surface area contributed by atoms with Crippen molar-refractivity contribution < 1.29 is 9.84 Å². The molecule has 1 fully saturated rings. The molecule has 0 spiro atoms. The second kappa shape index (κ2) is 4.29. The first-order valence-electron chi connectivity index (χ1n) is 6.70. The Bertz CT molecular complexity index is 451. The van der Waals surface area contributed by atoms with Crippen molar-refractivity contribution in [3.8, 4) is 0 Å². The summed E-state index contributed by atoms with van der Waals surface area (Å²) in [6, 6.07) is 0. The van der Waals surface area contributed by atoms with Gasteiger partial charge in [0, 0.05) is 7.11 Å². The van der Waals surface area contributed by atoms with Crippen LogP contribution in [-0.4, -0.2) is 17.2 Å². The summed E-state index contributed by atoms with van der Waals surface area (Å²) in [5.41, 5.74) is 1.25. The lowest BCUT2D eigenvalue weighted by Gasteiger charge is -2.31. The van der Waals surface area contributed by atoms with Gasteiger partial charge in [0.05, 0.1) is 16.7 Å². The molecule has 1 heterocycles. The van der Waals surface area contributed by atoms with Gasteiger partial charge in [-0.25, -0.2) is 4.98 Å². The second-order valence-corrected chi connectivity index (χ2v) is 7.48. The Morgan fingerprint density at radius 2 is 2.17 bits per heavy atom. The molecule has 4 heteroatoms. The molecular weight excluding hydrogens is 246 g/mol. The smallest absolute Gasteiger partial charge is 0.122 e. The molecule has 0 amide bonds. The molecule has 1 aromatic heterocycles. The monoisotopic (exact) mass is 267 g/mol. The summed E-state index contributed by atoms with van der Waals surface area (Å²) in [7, 11) is 1.77. The van der Waals surface area contributed by atoms with E-state index >= 15 is 0 Å². The largest absolute Gasteiger partial charge is 0.387 e. The van der Waals surface area contributed by atoms with E-state index in [1.807, 2.05) is 0 Å². The number of methoxy groups -OCH3 is 1. The van der Waals surface area contributed by atoms with Gasteiger partial charge in [-0.05, 0) is 37.0 Å². The van der Waals surface area contributed by atoms with Gasteiger partial charge in [-0.3, -0.25) is 0 Å². The van der Waals surface area contributed by atoms with Gasteiger partial charge in [-0.2, -0.15) is 0 Å². The molecule has 0 bridgehead atoms. The van der Waals surface area contributed by atoms with Crippen molar-refractivity contribution >= 4 is 11.3 Å². The summed E-state index contributed by atoms with van der Waals surface area (Å²) in [6.45, 7) is 4.40. The van der Waals surface area contributed by atoms with Crippen molar-refractivity contribution in [1.82, 2.24) is 4.98 Å². The fraction of sp³-hybridized carbons (Fsp3) is 0.786. The number of nitrogens with zero attached hydrogens (tertiary/aromatic N) is 1. The van der Waals surface area contributed by atoms with Crippen molar-refractivity contribution in [3.63, 3.8) is 0 Å². The predicted molar refractivity (Wildman–Crippen MR) is 71.6 cm³/mol. The van der Waals surface area contributed by atoms with Gasteiger partial charge in [0.2, 0.25) is 0 Å². The highest BCUT2D eigenvalue weighted by molar-refractivity contribution is 7.11. The zero-order valence-corrected chi connectivity index (χ0v) is 12.1. The van der Waals surface area contributed by atoms with E-state index in [0.717, 1.165) is 28.4 Å². The van der Waals surface area contributed by atoms with E-state index in [0.29, 0.717) is 5.92 Å².